The van der Waals surface area contributed by atoms with Gasteiger partial charge in [-0.15, -0.1) is 0 Å². The number of nitrogens with one attached hydrogen (secondary N) is 2. The number of aromatic amines is 1. The average Bonchev–Trinajstić information content (AvgIpc) is 2.37. The van der Waals surface area contributed by atoms with Crippen molar-refractivity contribution < 1.29 is 5.11 Å². The number of rotatable bonds is 4. The minimum atomic E-state index is -0.652. The fourth-order valence-electron chi connectivity index (χ4n) is 2.48. The smallest absolute Gasteiger partial charge is 0.252 e. The fourth-order valence-corrected chi connectivity index (χ4v) is 2.48. The van der Waals surface area contributed by atoms with Gasteiger partial charge < -0.3 is 15.4 Å². The van der Waals surface area contributed by atoms with Gasteiger partial charge in [0.1, 0.15) is 11.6 Å². The predicted octanol–water partition coefficient (Wildman–Crippen LogP) is 2.00. The number of nitrogens with zero attached hydrogens (tertiary/aromatic N) is 1. The van der Waals surface area contributed by atoms with Crippen LogP contribution in [0, 0.1) is 0 Å². The maximum absolute atomic E-state index is 11.5. The van der Waals surface area contributed by atoms with Crippen LogP contribution in [-0.2, 0) is 0 Å². The molecule has 5 nitrogen and oxygen atoms in total. The van der Waals surface area contributed by atoms with Gasteiger partial charge in [0.2, 0.25) is 0 Å². The highest BCUT2D eigenvalue weighted by atomic mass is 16.3. The van der Waals surface area contributed by atoms with Crippen LogP contribution in [0.2, 0.25) is 0 Å². The van der Waals surface area contributed by atoms with Crippen molar-refractivity contribution in [2.24, 2.45) is 0 Å². The molecule has 106 valence electrons. The first-order valence-corrected chi connectivity index (χ1v) is 7.06. The second kappa shape index (κ2) is 5.74. The molecule has 1 fully saturated rings. The van der Waals surface area contributed by atoms with Crippen LogP contribution in [0.1, 0.15) is 57.7 Å². The Morgan fingerprint density at radius 3 is 2.74 bits per heavy atom. The summed E-state index contributed by atoms with van der Waals surface area (Å²) in [7, 11) is 0. The predicted molar refractivity (Wildman–Crippen MR) is 75.5 cm³/mol. The van der Waals surface area contributed by atoms with Crippen molar-refractivity contribution in [3.05, 3.63) is 22.2 Å². The number of aliphatic hydroxyl groups is 1. The lowest BCUT2D eigenvalue weighted by Crippen LogP contribution is -2.39. The molecule has 0 saturated heterocycles. The molecule has 0 unspecified atom stereocenters. The molecule has 2 rings (SSSR count). The summed E-state index contributed by atoms with van der Waals surface area (Å²) < 4.78 is 0. The topological polar surface area (TPSA) is 78.0 Å². The van der Waals surface area contributed by atoms with E-state index in [-0.39, 0.29) is 11.5 Å². The van der Waals surface area contributed by atoms with Crippen LogP contribution in [0.25, 0.3) is 0 Å². The van der Waals surface area contributed by atoms with Gasteiger partial charge in [0.25, 0.3) is 5.56 Å². The van der Waals surface area contributed by atoms with Gasteiger partial charge in [-0.3, -0.25) is 4.79 Å². The van der Waals surface area contributed by atoms with Crippen LogP contribution in [0.4, 0.5) is 5.82 Å². The quantitative estimate of drug-likeness (QED) is 0.778. The Kier molecular flexibility index (Phi) is 4.24. The van der Waals surface area contributed by atoms with Crippen molar-refractivity contribution in [2.75, 3.05) is 11.9 Å². The van der Waals surface area contributed by atoms with E-state index in [1.54, 1.807) is 0 Å². The molecule has 1 aromatic rings. The van der Waals surface area contributed by atoms with Crippen LogP contribution >= 0.6 is 0 Å². The third-order valence-corrected chi connectivity index (χ3v) is 3.69. The normalized spacial score (nSPS) is 18.5. The molecule has 0 aliphatic heterocycles. The molecule has 0 spiro atoms. The minimum absolute atomic E-state index is 0.156. The lowest BCUT2D eigenvalue weighted by atomic mass is 9.85. The average molecular weight is 265 g/mol. The second-order valence-electron chi connectivity index (χ2n) is 5.81. The number of H-pyrrole nitrogens is 1. The van der Waals surface area contributed by atoms with Crippen molar-refractivity contribution in [3.8, 4) is 0 Å². The molecule has 0 aromatic carbocycles. The first kappa shape index (κ1) is 14.1. The van der Waals surface area contributed by atoms with E-state index in [0.717, 1.165) is 25.7 Å². The summed E-state index contributed by atoms with van der Waals surface area (Å²) in [5.74, 6) is 1.39. The van der Waals surface area contributed by atoms with Crippen molar-refractivity contribution in [1.29, 1.82) is 0 Å². The summed E-state index contributed by atoms with van der Waals surface area (Å²) in [6.45, 7) is 4.43. The summed E-state index contributed by atoms with van der Waals surface area (Å²) in [6.07, 6.45) is 4.97. The summed E-state index contributed by atoms with van der Waals surface area (Å²) in [5.41, 5.74) is -0.808. The summed E-state index contributed by atoms with van der Waals surface area (Å²) in [5, 5.41) is 13.5. The molecule has 0 atom stereocenters. The summed E-state index contributed by atoms with van der Waals surface area (Å²) in [4.78, 5) is 18.6. The standard InChI is InChI=1S/C14H23N3O2/c1-10(2)13-16-11(8-12(18)17-13)15-9-14(19)6-4-3-5-7-14/h8,10,19H,3-7,9H2,1-2H3,(H2,15,16,17,18). The monoisotopic (exact) mass is 265 g/mol. The van der Waals surface area contributed by atoms with E-state index in [1.165, 1.54) is 12.5 Å². The third-order valence-electron chi connectivity index (χ3n) is 3.69. The van der Waals surface area contributed by atoms with E-state index in [1.807, 2.05) is 13.8 Å². The van der Waals surface area contributed by atoms with Crippen molar-refractivity contribution >= 4 is 5.82 Å². The maximum atomic E-state index is 11.5. The van der Waals surface area contributed by atoms with Gasteiger partial charge >= 0.3 is 0 Å². The van der Waals surface area contributed by atoms with Crippen LogP contribution in [0.15, 0.2) is 10.9 Å². The molecular weight excluding hydrogens is 242 g/mol. The van der Waals surface area contributed by atoms with Gasteiger partial charge in [-0.25, -0.2) is 4.98 Å². The maximum Gasteiger partial charge on any atom is 0.252 e. The number of hydrogen-bond acceptors (Lipinski definition) is 4. The van der Waals surface area contributed by atoms with Gasteiger partial charge in [0.15, 0.2) is 0 Å². The molecule has 1 heterocycles. The molecule has 1 aliphatic rings. The van der Waals surface area contributed by atoms with E-state index in [4.69, 9.17) is 0 Å². The molecule has 1 aliphatic carbocycles. The third kappa shape index (κ3) is 3.80. The van der Waals surface area contributed by atoms with E-state index >= 15 is 0 Å². The van der Waals surface area contributed by atoms with Crippen molar-refractivity contribution in [3.63, 3.8) is 0 Å². The Morgan fingerprint density at radius 1 is 1.42 bits per heavy atom. The SMILES string of the molecule is CC(C)c1nc(NCC2(O)CCCCC2)cc(=O)[nH]1. The zero-order valence-electron chi connectivity index (χ0n) is 11.7. The van der Waals surface area contributed by atoms with Gasteiger partial charge in [-0.2, -0.15) is 0 Å². The molecule has 5 heteroatoms. The molecular formula is C14H23N3O2. The van der Waals surface area contributed by atoms with E-state index in [0.29, 0.717) is 18.2 Å². The first-order valence-electron chi connectivity index (χ1n) is 7.06. The lowest BCUT2D eigenvalue weighted by molar-refractivity contribution is 0.0166. The molecule has 0 radical (unpaired) electrons. The molecule has 19 heavy (non-hydrogen) atoms. The van der Waals surface area contributed by atoms with Gasteiger partial charge in [-0.1, -0.05) is 33.1 Å². The van der Waals surface area contributed by atoms with Crippen LogP contribution in [0.5, 0.6) is 0 Å². The van der Waals surface area contributed by atoms with E-state index < -0.39 is 5.60 Å². The number of hydrogen-bond donors (Lipinski definition) is 3. The number of aromatic nitrogens is 2. The Bertz CT molecular complexity index is 476. The van der Waals surface area contributed by atoms with Crippen LogP contribution in [-0.4, -0.2) is 27.2 Å². The Morgan fingerprint density at radius 2 is 2.11 bits per heavy atom. The Balaban J connectivity index is 2.04. The highest BCUT2D eigenvalue weighted by molar-refractivity contribution is 5.34. The highest BCUT2D eigenvalue weighted by Crippen LogP contribution is 2.28. The summed E-state index contributed by atoms with van der Waals surface area (Å²) in [6, 6.07) is 1.44. The van der Waals surface area contributed by atoms with Gasteiger partial charge in [0, 0.05) is 18.5 Å². The zero-order valence-corrected chi connectivity index (χ0v) is 11.7. The van der Waals surface area contributed by atoms with Crippen LogP contribution < -0.4 is 10.9 Å². The highest BCUT2D eigenvalue weighted by Gasteiger charge is 2.28. The Labute approximate surface area is 113 Å². The van der Waals surface area contributed by atoms with Crippen molar-refractivity contribution in [2.45, 2.75) is 57.5 Å². The lowest BCUT2D eigenvalue weighted by Gasteiger charge is -2.32. The fraction of sp³-hybridized carbons (Fsp3) is 0.714. The van der Waals surface area contributed by atoms with Crippen molar-refractivity contribution in [1.82, 2.24) is 9.97 Å². The Hall–Kier alpha value is -1.36. The van der Waals surface area contributed by atoms with Crippen LogP contribution in [0.3, 0.4) is 0 Å². The molecule has 1 saturated carbocycles. The van der Waals surface area contributed by atoms with E-state index in [2.05, 4.69) is 15.3 Å². The molecule has 0 bridgehead atoms. The van der Waals surface area contributed by atoms with Gasteiger partial charge in [-0.05, 0) is 12.8 Å². The molecule has 0 amide bonds. The largest absolute Gasteiger partial charge is 0.388 e. The van der Waals surface area contributed by atoms with Gasteiger partial charge in [0.05, 0.1) is 5.60 Å². The second-order valence-corrected chi connectivity index (χ2v) is 5.81. The molecule has 1 aromatic heterocycles. The number of anilines is 1. The van der Waals surface area contributed by atoms with E-state index in [9.17, 15) is 9.90 Å². The zero-order chi connectivity index (χ0) is 13.9. The summed E-state index contributed by atoms with van der Waals surface area (Å²) >= 11 is 0. The minimum Gasteiger partial charge on any atom is -0.388 e. The molecule has 3 N–H and O–H groups in total. The first-order chi connectivity index (χ1) is 8.98.